The topological polar surface area (TPSA) is 71.3 Å². The normalized spacial score (nSPS) is 25.2. The monoisotopic (exact) mass is 337 g/mol. The van der Waals surface area contributed by atoms with Crippen molar-refractivity contribution in [2.24, 2.45) is 0 Å². The Kier molecular flexibility index (Phi) is 3.16. The van der Waals surface area contributed by atoms with E-state index < -0.39 is 0 Å². The minimum Gasteiger partial charge on any atom is -0.351 e. The van der Waals surface area contributed by atoms with E-state index in [1.807, 2.05) is 12.3 Å². The zero-order chi connectivity index (χ0) is 14.3. The van der Waals surface area contributed by atoms with Gasteiger partial charge in [-0.25, -0.2) is 9.50 Å². The molecule has 2 aromatic heterocycles. The van der Waals surface area contributed by atoms with Gasteiger partial charge < -0.3 is 10.6 Å². The highest BCUT2D eigenvalue weighted by atomic mass is 79.9. The summed E-state index contributed by atoms with van der Waals surface area (Å²) in [6.45, 7) is 3.60. The van der Waals surface area contributed by atoms with Crippen LogP contribution in [0.15, 0.2) is 22.9 Å². The van der Waals surface area contributed by atoms with Gasteiger partial charge in [0.25, 0.3) is 0 Å². The molecule has 7 heteroatoms. The molecule has 0 radical (unpaired) electrons. The second kappa shape index (κ2) is 4.73. The van der Waals surface area contributed by atoms with E-state index in [2.05, 4.69) is 43.6 Å². The molecule has 0 unspecified atom stereocenters. The molecule has 1 saturated carbocycles. The molecule has 2 N–H and O–H groups in total. The van der Waals surface area contributed by atoms with Crippen molar-refractivity contribution in [1.82, 2.24) is 19.9 Å². The maximum absolute atomic E-state index is 11.1. The Bertz CT molecular complexity index is 662. The number of hydrogen-bond donors (Lipinski definition) is 2. The molecule has 0 atom stereocenters. The van der Waals surface area contributed by atoms with Crippen LogP contribution in [0.2, 0.25) is 0 Å². The third-order valence-electron chi connectivity index (χ3n) is 3.57. The smallest absolute Gasteiger partial charge is 0.241 e. The molecule has 1 amide bonds. The molecule has 2 aromatic rings. The maximum Gasteiger partial charge on any atom is 0.241 e. The quantitative estimate of drug-likeness (QED) is 0.898. The largest absolute Gasteiger partial charge is 0.351 e. The van der Waals surface area contributed by atoms with E-state index in [0.29, 0.717) is 12.0 Å². The standard InChI is InChI=1S/C13H16BrN5O/c1-8(20)17-13(2)5-9(6-13)16-12-15-7-11-10(14)3-4-19(11)18-12/h3-4,7,9H,5-6H2,1-2H3,(H,16,18)(H,17,20)/t9-,13-. The highest BCUT2D eigenvalue weighted by Crippen LogP contribution is 2.33. The SMILES string of the molecule is CC(=O)N[C@]1(C)C[C@@H](Nc2ncc3c(Br)ccn3n2)C1. The maximum atomic E-state index is 11.1. The molecule has 3 rings (SSSR count). The fourth-order valence-corrected chi connectivity index (χ4v) is 3.18. The summed E-state index contributed by atoms with van der Waals surface area (Å²) < 4.78 is 2.76. The lowest BCUT2D eigenvalue weighted by molar-refractivity contribution is -0.121. The van der Waals surface area contributed by atoms with Gasteiger partial charge >= 0.3 is 0 Å². The van der Waals surface area contributed by atoms with Crippen molar-refractivity contribution in [2.75, 3.05) is 5.32 Å². The van der Waals surface area contributed by atoms with Crippen LogP contribution in [0.1, 0.15) is 26.7 Å². The number of rotatable bonds is 3. The number of nitrogens with zero attached hydrogens (tertiary/aromatic N) is 3. The van der Waals surface area contributed by atoms with Crippen LogP contribution in [0.25, 0.3) is 5.52 Å². The number of aromatic nitrogens is 3. The lowest BCUT2D eigenvalue weighted by atomic mass is 9.74. The van der Waals surface area contributed by atoms with Gasteiger partial charge in [0.1, 0.15) is 0 Å². The molecule has 1 fully saturated rings. The molecule has 20 heavy (non-hydrogen) atoms. The Morgan fingerprint density at radius 3 is 3.00 bits per heavy atom. The summed E-state index contributed by atoms with van der Waals surface area (Å²) in [5, 5.41) is 10.7. The zero-order valence-corrected chi connectivity index (χ0v) is 12.9. The summed E-state index contributed by atoms with van der Waals surface area (Å²) in [6, 6.07) is 2.23. The minimum atomic E-state index is -0.107. The molecule has 0 saturated heterocycles. The summed E-state index contributed by atoms with van der Waals surface area (Å²) in [6.07, 6.45) is 5.42. The summed E-state index contributed by atoms with van der Waals surface area (Å²) in [4.78, 5) is 15.4. The van der Waals surface area contributed by atoms with Crippen LogP contribution in [-0.2, 0) is 4.79 Å². The van der Waals surface area contributed by atoms with Crippen molar-refractivity contribution in [3.8, 4) is 0 Å². The first-order chi connectivity index (χ1) is 9.45. The molecular weight excluding hydrogens is 322 g/mol. The van der Waals surface area contributed by atoms with Crippen molar-refractivity contribution in [2.45, 2.75) is 38.3 Å². The van der Waals surface area contributed by atoms with Gasteiger partial charge in [-0.05, 0) is 41.8 Å². The molecule has 0 aromatic carbocycles. The fourth-order valence-electron chi connectivity index (χ4n) is 2.78. The van der Waals surface area contributed by atoms with E-state index in [-0.39, 0.29) is 11.4 Å². The van der Waals surface area contributed by atoms with Crippen LogP contribution >= 0.6 is 15.9 Å². The van der Waals surface area contributed by atoms with Gasteiger partial charge in [0.05, 0.1) is 11.7 Å². The van der Waals surface area contributed by atoms with Crippen molar-refractivity contribution in [3.05, 3.63) is 22.9 Å². The van der Waals surface area contributed by atoms with Gasteiger partial charge in [-0.3, -0.25) is 4.79 Å². The Hall–Kier alpha value is -1.63. The number of nitrogens with one attached hydrogen (secondary N) is 2. The van der Waals surface area contributed by atoms with Gasteiger partial charge in [0.2, 0.25) is 11.9 Å². The van der Waals surface area contributed by atoms with Gasteiger partial charge in [0.15, 0.2) is 0 Å². The molecule has 6 nitrogen and oxygen atoms in total. The molecule has 0 spiro atoms. The van der Waals surface area contributed by atoms with E-state index in [0.717, 1.165) is 22.8 Å². The van der Waals surface area contributed by atoms with Gasteiger partial charge in [-0.15, -0.1) is 5.10 Å². The zero-order valence-electron chi connectivity index (χ0n) is 11.4. The van der Waals surface area contributed by atoms with Crippen molar-refractivity contribution in [1.29, 1.82) is 0 Å². The molecule has 106 valence electrons. The molecule has 0 aliphatic heterocycles. The highest BCUT2D eigenvalue weighted by molar-refractivity contribution is 9.10. The lowest BCUT2D eigenvalue weighted by Gasteiger charge is -2.45. The highest BCUT2D eigenvalue weighted by Gasteiger charge is 2.41. The van der Waals surface area contributed by atoms with Crippen LogP contribution in [0.5, 0.6) is 0 Å². The summed E-state index contributed by atoms with van der Waals surface area (Å²) in [5.41, 5.74) is 0.830. The minimum absolute atomic E-state index is 0.0146. The summed E-state index contributed by atoms with van der Waals surface area (Å²) >= 11 is 3.44. The van der Waals surface area contributed by atoms with Crippen LogP contribution < -0.4 is 10.6 Å². The lowest BCUT2D eigenvalue weighted by Crippen LogP contribution is -2.59. The summed E-state index contributed by atoms with van der Waals surface area (Å²) in [7, 11) is 0. The third-order valence-corrected chi connectivity index (χ3v) is 4.24. The van der Waals surface area contributed by atoms with Gasteiger partial charge in [0, 0.05) is 29.2 Å². The van der Waals surface area contributed by atoms with E-state index in [9.17, 15) is 4.79 Å². The summed E-state index contributed by atoms with van der Waals surface area (Å²) in [5.74, 6) is 0.622. The predicted molar refractivity (Wildman–Crippen MR) is 79.6 cm³/mol. The van der Waals surface area contributed by atoms with Crippen LogP contribution in [0.4, 0.5) is 5.95 Å². The van der Waals surface area contributed by atoms with Crippen LogP contribution in [-0.4, -0.2) is 32.1 Å². The Morgan fingerprint density at radius 1 is 1.55 bits per heavy atom. The van der Waals surface area contributed by atoms with E-state index in [1.165, 1.54) is 0 Å². The van der Waals surface area contributed by atoms with Crippen molar-refractivity contribution >= 4 is 33.3 Å². The van der Waals surface area contributed by atoms with Gasteiger partial charge in [-0.1, -0.05) is 0 Å². The molecular formula is C13H16BrN5O. The predicted octanol–water partition coefficient (Wildman–Crippen LogP) is 1.96. The molecule has 0 bridgehead atoms. The number of anilines is 1. The fraction of sp³-hybridized carbons (Fsp3) is 0.462. The number of carbonyl (C=O) groups is 1. The molecule has 2 heterocycles. The van der Waals surface area contributed by atoms with E-state index >= 15 is 0 Å². The van der Waals surface area contributed by atoms with E-state index in [1.54, 1.807) is 17.6 Å². The Morgan fingerprint density at radius 2 is 2.30 bits per heavy atom. The second-order valence-electron chi connectivity index (χ2n) is 5.57. The average molecular weight is 338 g/mol. The molecule has 1 aliphatic carbocycles. The Balaban J connectivity index is 1.65. The van der Waals surface area contributed by atoms with Crippen molar-refractivity contribution in [3.63, 3.8) is 0 Å². The number of carbonyl (C=O) groups excluding carboxylic acids is 1. The van der Waals surface area contributed by atoms with E-state index in [4.69, 9.17) is 0 Å². The van der Waals surface area contributed by atoms with Gasteiger partial charge in [-0.2, -0.15) is 0 Å². The Labute approximate surface area is 125 Å². The average Bonchev–Trinajstić information content (AvgIpc) is 2.68. The second-order valence-corrected chi connectivity index (χ2v) is 6.42. The number of hydrogen-bond acceptors (Lipinski definition) is 4. The van der Waals surface area contributed by atoms with Crippen LogP contribution in [0.3, 0.4) is 0 Å². The first-order valence-electron chi connectivity index (χ1n) is 6.50. The number of halogens is 1. The number of amides is 1. The first-order valence-corrected chi connectivity index (χ1v) is 7.30. The first kappa shape index (κ1) is 13.4. The molecule has 1 aliphatic rings. The number of fused-ring (bicyclic) bond motifs is 1. The third kappa shape index (κ3) is 2.49. The van der Waals surface area contributed by atoms with Crippen molar-refractivity contribution < 1.29 is 4.79 Å². The van der Waals surface area contributed by atoms with Crippen LogP contribution in [0, 0.1) is 0 Å².